The summed E-state index contributed by atoms with van der Waals surface area (Å²) in [7, 11) is 0.0838. The van der Waals surface area contributed by atoms with Crippen LogP contribution in [0.5, 0.6) is 0 Å². The number of rotatable bonds is 2. The first-order valence-corrected chi connectivity index (χ1v) is 6.13. The average Bonchev–Trinajstić information content (AvgIpc) is 2.02. The molecule has 0 N–H and O–H groups in total. The molecule has 0 unspecified atom stereocenters. The Morgan fingerprint density at radius 2 is 2.00 bits per heavy atom. The van der Waals surface area contributed by atoms with Gasteiger partial charge < -0.3 is 0 Å². The van der Waals surface area contributed by atoms with Crippen LogP contribution in [0, 0.1) is 13.8 Å². The molecule has 0 heterocycles. The van der Waals surface area contributed by atoms with E-state index in [9.17, 15) is 4.79 Å². The van der Waals surface area contributed by atoms with Crippen LogP contribution >= 0.6 is 22.7 Å². The Hall–Kier alpha value is -0.313. The number of benzene rings is 1. The molecule has 1 rings (SSSR count). The van der Waals surface area contributed by atoms with Gasteiger partial charge in [-0.15, -0.1) is 0 Å². The summed E-state index contributed by atoms with van der Waals surface area (Å²) in [6.07, 6.45) is 0. The molecule has 0 aromatic heterocycles. The maximum atomic E-state index is 11.0. The molecule has 1 aromatic rings. The van der Waals surface area contributed by atoms with E-state index in [1.165, 1.54) is 0 Å². The average molecular weight is 231 g/mol. The van der Waals surface area contributed by atoms with Gasteiger partial charge in [-0.3, -0.25) is 4.79 Å². The summed E-state index contributed by atoms with van der Waals surface area (Å²) in [6.45, 7) is 3.86. The minimum atomic E-state index is -0.435. The number of hydrogen-bond acceptors (Lipinski definition) is 1. The van der Waals surface area contributed by atoms with Crippen LogP contribution in [0.25, 0.3) is 0 Å². The first kappa shape index (κ1) is 10.8. The third-order valence-electron chi connectivity index (χ3n) is 1.79. The summed E-state index contributed by atoms with van der Waals surface area (Å²) in [5.74, 6) is 0. The number of hydrogen-bond donors (Lipinski definition) is 0. The van der Waals surface area contributed by atoms with Gasteiger partial charge >= 0.3 is 0 Å². The van der Waals surface area contributed by atoms with Crippen LogP contribution in [-0.4, -0.2) is 14.1 Å². The first-order valence-electron chi connectivity index (χ1n) is 3.74. The van der Waals surface area contributed by atoms with E-state index in [1.54, 1.807) is 6.07 Å². The summed E-state index contributed by atoms with van der Waals surface area (Å²) in [6, 6.07) is 3.76. The predicted molar refractivity (Wildman–Crippen MR) is 57.3 cm³/mol. The standard InChI is InChI=1S/C9H8Cl2OSi/c1-5-3-6(2)8(13-11)7(4-5)9(10)12/h3-4H,1-2H3. The summed E-state index contributed by atoms with van der Waals surface area (Å²) < 4.78 is 0. The molecule has 0 aliphatic rings. The van der Waals surface area contributed by atoms with Gasteiger partial charge in [0.05, 0.1) is 0 Å². The molecule has 0 atom stereocenters. The van der Waals surface area contributed by atoms with E-state index in [1.807, 2.05) is 19.9 Å². The lowest BCUT2D eigenvalue weighted by Gasteiger charge is -2.07. The SMILES string of the molecule is Cc1cc(C)c([Si]Cl)c(C(=O)Cl)c1. The van der Waals surface area contributed by atoms with Crippen LogP contribution in [-0.2, 0) is 0 Å². The zero-order chi connectivity index (χ0) is 10.0. The fourth-order valence-electron chi connectivity index (χ4n) is 1.25. The van der Waals surface area contributed by atoms with Gasteiger partial charge in [-0.25, -0.2) is 0 Å². The molecular weight excluding hydrogens is 223 g/mol. The zero-order valence-electron chi connectivity index (χ0n) is 7.32. The minimum Gasteiger partial charge on any atom is -0.276 e. The van der Waals surface area contributed by atoms with Crippen LogP contribution < -0.4 is 5.19 Å². The molecule has 1 nitrogen and oxygen atoms in total. The molecule has 4 heteroatoms. The molecule has 0 fully saturated rings. The lowest BCUT2D eigenvalue weighted by molar-refractivity contribution is 0.108. The molecule has 0 bridgehead atoms. The second-order valence-electron chi connectivity index (χ2n) is 2.87. The Morgan fingerprint density at radius 3 is 2.46 bits per heavy atom. The monoisotopic (exact) mass is 230 g/mol. The maximum absolute atomic E-state index is 11.0. The van der Waals surface area contributed by atoms with Gasteiger partial charge in [0.2, 0.25) is 8.83 Å². The molecular formula is C9H8Cl2OSi. The summed E-state index contributed by atoms with van der Waals surface area (Å²) in [5.41, 5.74) is 2.59. The normalized spacial score (nSPS) is 10.2. The zero-order valence-corrected chi connectivity index (χ0v) is 9.83. The van der Waals surface area contributed by atoms with Crippen molar-refractivity contribution in [3.05, 3.63) is 28.8 Å². The van der Waals surface area contributed by atoms with E-state index in [0.29, 0.717) is 5.56 Å². The second-order valence-corrected chi connectivity index (χ2v) is 4.47. The minimum absolute atomic E-state index is 0.0838. The largest absolute Gasteiger partial charge is 0.276 e. The van der Waals surface area contributed by atoms with E-state index < -0.39 is 5.24 Å². The van der Waals surface area contributed by atoms with Crippen molar-refractivity contribution in [1.82, 2.24) is 0 Å². The van der Waals surface area contributed by atoms with E-state index in [-0.39, 0.29) is 8.83 Å². The van der Waals surface area contributed by atoms with Crippen molar-refractivity contribution < 1.29 is 4.79 Å². The van der Waals surface area contributed by atoms with Gasteiger partial charge in [-0.2, -0.15) is 11.1 Å². The van der Waals surface area contributed by atoms with Crippen molar-refractivity contribution in [2.75, 3.05) is 0 Å². The number of carbonyl (C=O) groups is 1. The number of halogens is 2. The van der Waals surface area contributed by atoms with E-state index in [2.05, 4.69) is 0 Å². The second kappa shape index (κ2) is 4.27. The van der Waals surface area contributed by atoms with Crippen molar-refractivity contribution in [2.45, 2.75) is 13.8 Å². The van der Waals surface area contributed by atoms with Crippen molar-refractivity contribution in [3.8, 4) is 0 Å². The molecule has 13 heavy (non-hydrogen) atoms. The summed E-state index contributed by atoms with van der Waals surface area (Å²) in [5, 5.41) is 0.419. The highest BCUT2D eigenvalue weighted by atomic mass is 35.6. The quantitative estimate of drug-likeness (QED) is 0.433. The third kappa shape index (κ3) is 2.33. The summed E-state index contributed by atoms with van der Waals surface area (Å²) in [4.78, 5) is 11.0. The predicted octanol–water partition coefficient (Wildman–Crippen LogP) is 2.17. The van der Waals surface area contributed by atoms with E-state index in [0.717, 1.165) is 16.3 Å². The Bertz CT molecular complexity index is 350. The molecule has 0 aliphatic carbocycles. The highest BCUT2D eigenvalue weighted by Gasteiger charge is 2.11. The third-order valence-corrected chi connectivity index (χ3v) is 3.41. The fraction of sp³-hybridized carbons (Fsp3) is 0.222. The van der Waals surface area contributed by atoms with Crippen molar-refractivity contribution in [3.63, 3.8) is 0 Å². The summed E-state index contributed by atoms with van der Waals surface area (Å²) >= 11 is 11.2. The van der Waals surface area contributed by atoms with Gasteiger partial charge in [-0.1, -0.05) is 11.6 Å². The molecule has 0 spiro atoms. The van der Waals surface area contributed by atoms with Gasteiger partial charge in [-0.05, 0) is 42.3 Å². The molecule has 2 radical (unpaired) electrons. The fourth-order valence-corrected chi connectivity index (χ4v) is 2.74. The van der Waals surface area contributed by atoms with E-state index in [4.69, 9.17) is 22.7 Å². The van der Waals surface area contributed by atoms with Crippen molar-refractivity contribution in [1.29, 1.82) is 0 Å². The highest BCUT2D eigenvalue weighted by Crippen LogP contribution is 2.09. The first-order chi connectivity index (χ1) is 6.06. The van der Waals surface area contributed by atoms with Crippen LogP contribution in [0.15, 0.2) is 12.1 Å². The molecule has 68 valence electrons. The van der Waals surface area contributed by atoms with Crippen LogP contribution in [0.4, 0.5) is 0 Å². The van der Waals surface area contributed by atoms with Crippen molar-refractivity contribution >= 4 is 41.9 Å². The molecule has 0 amide bonds. The van der Waals surface area contributed by atoms with Gasteiger partial charge in [0.15, 0.2) is 0 Å². The van der Waals surface area contributed by atoms with Gasteiger partial charge in [0.25, 0.3) is 5.24 Å². The number of aryl methyl sites for hydroxylation is 2. The Kier molecular flexibility index (Phi) is 3.53. The van der Waals surface area contributed by atoms with Gasteiger partial charge in [0, 0.05) is 5.56 Å². The van der Waals surface area contributed by atoms with Crippen LogP contribution in [0.2, 0.25) is 0 Å². The Labute approximate surface area is 89.6 Å². The van der Waals surface area contributed by atoms with Crippen LogP contribution in [0.1, 0.15) is 21.5 Å². The van der Waals surface area contributed by atoms with E-state index >= 15 is 0 Å². The van der Waals surface area contributed by atoms with Gasteiger partial charge in [0.1, 0.15) is 0 Å². The molecule has 0 saturated carbocycles. The topological polar surface area (TPSA) is 17.1 Å². The maximum Gasteiger partial charge on any atom is 0.252 e. The lowest BCUT2D eigenvalue weighted by atomic mass is 10.1. The molecule has 1 aromatic carbocycles. The van der Waals surface area contributed by atoms with Crippen LogP contribution in [0.3, 0.4) is 0 Å². The van der Waals surface area contributed by atoms with Crippen molar-refractivity contribution in [2.24, 2.45) is 0 Å². The highest BCUT2D eigenvalue weighted by molar-refractivity contribution is 7.02. The molecule has 0 saturated heterocycles. The smallest absolute Gasteiger partial charge is 0.252 e. The molecule has 0 aliphatic heterocycles. The lowest BCUT2D eigenvalue weighted by Crippen LogP contribution is -2.21. The Balaban J connectivity index is 3.38. The Morgan fingerprint density at radius 1 is 1.38 bits per heavy atom. The number of carbonyl (C=O) groups excluding carboxylic acids is 1.